The molecule has 3 N–H and O–H groups in total. The lowest BCUT2D eigenvalue weighted by Gasteiger charge is -2.18. The van der Waals surface area contributed by atoms with Gasteiger partial charge in [-0.05, 0) is 47.4 Å². The van der Waals surface area contributed by atoms with Crippen LogP contribution in [0.25, 0.3) is 16.9 Å². The fourth-order valence-electron chi connectivity index (χ4n) is 3.28. The van der Waals surface area contributed by atoms with Crippen molar-refractivity contribution in [3.63, 3.8) is 0 Å². The predicted molar refractivity (Wildman–Crippen MR) is 154 cm³/mol. The second-order valence-electron chi connectivity index (χ2n) is 9.88. The molecule has 4 aromatic rings. The number of carbonyl (C=O) groups is 3. The lowest BCUT2D eigenvalue weighted by molar-refractivity contribution is -0.192. The molecule has 0 bridgehead atoms. The number of amides is 1. The van der Waals surface area contributed by atoms with E-state index < -0.39 is 28.7 Å². The van der Waals surface area contributed by atoms with Gasteiger partial charge in [0.2, 0.25) is 0 Å². The Labute approximate surface area is 258 Å². The molecule has 0 saturated heterocycles. The molecule has 0 atom stereocenters. The van der Waals surface area contributed by atoms with Crippen LogP contribution in [0, 0.1) is 0 Å². The Kier molecular flexibility index (Phi) is 13.9. The first-order valence-corrected chi connectivity index (χ1v) is 14.4. The zero-order valence-corrected chi connectivity index (χ0v) is 25.3. The summed E-state index contributed by atoms with van der Waals surface area (Å²) in [5, 5.41) is 21.4. The third-order valence-electron chi connectivity index (χ3n) is 5.40. The van der Waals surface area contributed by atoms with Crippen molar-refractivity contribution in [1.29, 1.82) is 0 Å². The molecular weight excluding hydrogens is 650 g/mol. The fraction of sp³-hybridized carbons (Fsp3) is 0.250. The molecule has 1 amide bonds. The summed E-state index contributed by atoms with van der Waals surface area (Å²) in [6.45, 7) is 2.46. The number of benzene rings is 2. The summed E-state index contributed by atoms with van der Waals surface area (Å²) in [5.41, 5.74) is 3.74. The number of nitrogens with zero attached hydrogens (tertiary/aromatic N) is 3. The molecule has 11 nitrogen and oxygen atoms in total. The summed E-state index contributed by atoms with van der Waals surface area (Å²) in [7, 11) is -3.25. The minimum Gasteiger partial charge on any atom is -0.483 e. The lowest BCUT2D eigenvalue weighted by Crippen LogP contribution is -2.21. The smallest absolute Gasteiger partial charge is 0.483 e. The van der Waals surface area contributed by atoms with Crippen molar-refractivity contribution in [2.24, 2.45) is 0 Å². The van der Waals surface area contributed by atoms with Gasteiger partial charge < -0.3 is 15.5 Å². The van der Waals surface area contributed by atoms with Crippen molar-refractivity contribution in [1.82, 2.24) is 14.6 Å². The quantitative estimate of drug-likeness (QED) is 0.177. The number of aliphatic carboxylic acids is 1. The number of sulfone groups is 1. The Hall–Kier alpha value is -5.00. The summed E-state index contributed by atoms with van der Waals surface area (Å²) >= 11 is 0. The number of aromatic nitrogens is 3. The first-order valence-electron chi connectivity index (χ1n) is 12.5. The molecule has 2 aromatic carbocycles. The van der Waals surface area contributed by atoms with E-state index in [1.165, 1.54) is 6.26 Å². The van der Waals surface area contributed by atoms with Gasteiger partial charge in [0.05, 0.1) is 16.8 Å². The maximum absolute atomic E-state index is 12.6. The second kappa shape index (κ2) is 16.4. The van der Waals surface area contributed by atoms with Crippen LogP contribution in [-0.2, 0) is 24.8 Å². The van der Waals surface area contributed by atoms with Crippen molar-refractivity contribution < 1.29 is 59.4 Å². The van der Waals surface area contributed by atoms with Crippen molar-refractivity contribution in [2.45, 2.75) is 43.9 Å². The average Bonchev–Trinajstić information content (AvgIpc) is 3.33. The zero-order chi connectivity index (χ0) is 35.5. The van der Waals surface area contributed by atoms with Crippen molar-refractivity contribution >= 4 is 39.7 Å². The number of nitrogens with one attached hydrogen (secondary N) is 1. The van der Waals surface area contributed by atoms with Gasteiger partial charge >= 0.3 is 18.8 Å². The van der Waals surface area contributed by atoms with Crippen LogP contribution in [0.2, 0.25) is 0 Å². The van der Waals surface area contributed by atoms with Gasteiger partial charge in [-0.3, -0.25) is 9.59 Å². The summed E-state index contributed by atoms with van der Waals surface area (Å²) < 4.78 is 85.6. The molecule has 0 saturated carbocycles. The van der Waals surface area contributed by atoms with Gasteiger partial charge in [0.1, 0.15) is 0 Å². The molecular formula is C28H28F6N4O7S. The molecule has 2 heterocycles. The molecule has 0 radical (unpaired) electrons. The van der Waals surface area contributed by atoms with E-state index >= 15 is 0 Å². The number of hydrogen-bond donors (Lipinski definition) is 3. The number of rotatable bonds is 4. The topological polar surface area (TPSA) is 168 Å². The summed E-state index contributed by atoms with van der Waals surface area (Å²) in [4.78, 5) is 34.5. The van der Waals surface area contributed by atoms with Crippen LogP contribution in [0.15, 0.2) is 71.8 Å². The molecule has 0 aliphatic carbocycles. The molecule has 250 valence electrons. The second-order valence-corrected chi connectivity index (χ2v) is 11.9. The summed E-state index contributed by atoms with van der Waals surface area (Å²) in [6, 6.07) is 17.7. The molecule has 0 fully saturated rings. The van der Waals surface area contributed by atoms with Gasteiger partial charge in [-0.15, -0.1) is 0 Å². The fourth-order valence-corrected chi connectivity index (χ4v) is 3.91. The van der Waals surface area contributed by atoms with Crippen molar-refractivity contribution in [3.8, 4) is 11.3 Å². The maximum atomic E-state index is 12.6. The molecule has 0 spiro atoms. The lowest BCUT2D eigenvalue weighted by atomic mass is 9.87. The number of halogens is 6. The van der Waals surface area contributed by atoms with Crippen LogP contribution in [-0.4, -0.2) is 70.7 Å². The molecule has 2 aromatic heterocycles. The SMILES string of the molecule is CC(C)(C)c1ccc(C(=O)Nc2cn3nc(-c4ccc(S(C)(=O)=O)cc4)ccc3n2)cc1.FC(F)F.O=C(O)C(F)(F)F.O=CO. The highest BCUT2D eigenvalue weighted by molar-refractivity contribution is 7.90. The molecule has 46 heavy (non-hydrogen) atoms. The van der Waals surface area contributed by atoms with E-state index in [-0.39, 0.29) is 22.7 Å². The van der Waals surface area contributed by atoms with Crippen LogP contribution < -0.4 is 5.32 Å². The Bertz CT molecular complexity index is 1720. The van der Waals surface area contributed by atoms with Crippen LogP contribution in [0.1, 0.15) is 36.7 Å². The largest absolute Gasteiger partial charge is 0.490 e. The molecule has 4 rings (SSSR count). The highest BCUT2D eigenvalue weighted by atomic mass is 32.2. The highest BCUT2D eigenvalue weighted by Gasteiger charge is 2.38. The van der Waals surface area contributed by atoms with Crippen molar-refractivity contribution in [2.75, 3.05) is 11.6 Å². The van der Waals surface area contributed by atoms with E-state index in [0.29, 0.717) is 22.7 Å². The third-order valence-corrected chi connectivity index (χ3v) is 6.52. The number of fused-ring (bicyclic) bond motifs is 1. The molecule has 0 aliphatic heterocycles. The van der Waals surface area contributed by atoms with E-state index in [4.69, 9.17) is 19.8 Å². The van der Waals surface area contributed by atoms with E-state index in [1.807, 2.05) is 24.3 Å². The number of carboxylic acids is 1. The zero-order valence-electron chi connectivity index (χ0n) is 24.5. The van der Waals surface area contributed by atoms with Gasteiger partial charge in [0, 0.05) is 17.4 Å². The van der Waals surface area contributed by atoms with E-state index in [2.05, 4.69) is 36.2 Å². The first-order chi connectivity index (χ1) is 21.1. The van der Waals surface area contributed by atoms with E-state index in [9.17, 15) is 39.6 Å². The third kappa shape index (κ3) is 12.9. The van der Waals surface area contributed by atoms with Crippen LogP contribution in [0.4, 0.5) is 32.2 Å². The normalized spacial score (nSPS) is 11.2. The van der Waals surface area contributed by atoms with Crippen LogP contribution in [0.5, 0.6) is 0 Å². The summed E-state index contributed by atoms with van der Waals surface area (Å²) in [6.07, 6.45) is -2.27. The first kappa shape index (κ1) is 39.0. The molecule has 0 aliphatic rings. The highest BCUT2D eigenvalue weighted by Crippen LogP contribution is 2.23. The van der Waals surface area contributed by atoms with E-state index in [1.54, 1.807) is 47.1 Å². The van der Waals surface area contributed by atoms with E-state index in [0.717, 1.165) is 11.1 Å². The Morgan fingerprint density at radius 2 is 1.41 bits per heavy atom. The number of carbonyl (C=O) groups excluding carboxylic acids is 1. The van der Waals surface area contributed by atoms with Gasteiger partial charge in [-0.1, -0.05) is 45.0 Å². The number of imidazole rings is 1. The predicted octanol–water partition coefficient (Wildman–Crippen LogP) is 5.86. The van der Waals surface area contributed by atoms with Crippen molar-refractivity contribution in [3.05, 3.63) is 78.0 Å². The van der Waals surface area contributed by atoms with Crippen LogP contribution in [0.3, 0.4) is 0 Å². The average molecular weight is 679 g/mol. The molecule has 0 unspecified atom stereocenters. The van der Waals surface area contributed by atoms with Crippen LogP contribution >= 0.6 is 0 Å². The Morgan fingerprint density at radius 3 is 1.83 bits per heavy atom. The number of hydrogen-bond acceptors (Lipinski definition) is 7. The number of carboxylic acid groups (broad SMARTS) is 2. The van der Waals surface area contributed by atoms with Gasteiger partial charge in [-0.2, -0.15) is 31.4 Å². The molecule has 18 heteroatoms. The minimum atomic E-state index is -5.08. The Balaban J connectivity index is 0.000000638. The van der Waals surface area contributed by atoms with Gasteiger partial charge in [0.15, 0.2) is 21.3 Å². The number of anilines is 1. The maximum Gasteiger partial charge on any atom is 0.490 e. The van der Waals surface area contributed by atoms with Gasteiger partial charge in [0.25, 0.3) is 12.4 Å². The Morgan fingerprint density at radius 1 is 0.935 bits per heavy atom. The standard InChI is InChI=1S/C24H24N4O3S.C2HF3O2.CHF3.CH2O2/c1-24(2,3)18-9-5-17(6-10-18)23(29)26-21-15-28-22(25-21)14-13-20(27-28)16-7-11-19(12-8-16)32(4,30)31;3-2(4,5)1(6)7;2-1(3)4;2-1-3/h5-15H,1-4H3,(H,26,29);(H,6,7);1H;1H,(H,2,3). The minimum absolute atomic E-state index is 0.0189. The van der Waals surface area contributed by atoms with Gasteiger partial charge in [-0.25, -0.2) is 22.7 Å². The summed E-state index contributed by atoms with van der Waals surface area (Å²) in [5.74, 6) is -2.61. The number of alkyl halides is 6. The monoisotopic (exact) mass is 678 g/mol.